The van der Waals surface area contributed by atoms with Crippen LogP contribution in [0.25, 0.3) is 22.2 Å². The van der Waals surface area contributed by atoms with Crippen molar-refractivity contribution in [1.29, 1.82) is 0 Å². The molecule has 0 aliphatic heterocycles. The van der Waals surface area contributed by atoms with Gasteiger partial charge in [-0.2, -0.15) is 0 Å². The number of aryl methyl sites for hydroxylation is 1. The maximum Gasteiger partial charge on any atom is 0.226 e. The highest BCUT2D eigenvalue weighted by molar-refractivity contribution is 8.06. The summed E-state index contributed by atoms with van der Waals surface area (Å²) in [6, 6.07) is 15.8. The summed E-state index contributed by atoms with van der Waals surface area (Å²) in [4.78, 5) is 20.1. The monoisotopic (exact) mass is 550 g/mol. The molecule has 2 heterocycles. The number of aromatic amines is 1. The smallest absolute Gasteiger partial charge is 0.226 e. The van der Waals surface area contributed by atoms with Gasteiger partial charge < -0.3 is 15.0 Å². The predicted octanol–water partition coefficient (Wildman–Crippen LogP) is 3.15. The summed E-state index contributed by atoms with van der Waals surface area (Å²) in [6.07, 6.45) is 3.88. The summed E-state index contributed by atoms with van der Waals surface area (Å²) in [5.41, 5.74) is 4.08. The van der Waals surface area contributed by atoms with Gasteiger partial charge in [0.25, 0.3) is 0 Å². The van der Waals surface area contributed by atoms with Crippen LogP contribution in [-0.4, -0.2) is 51.2 Å². The van der Waals surface area contributed by atoms with Crippen LogP contribution in [0.3, 0.4) is 0 Å². The first kappa shape index (κ1) is 27.3. The van der Waals surface area contributed by atoms with Crippen molar-refractivity contribution in [2.24, 2.45) is 5.14 Å². The maximum absolute atomic E-state index is 12.3. The second-order valence-electron chi connectivity index (χ2n) is 7.88. The second kappa shape index (κ2) is 11.6. The lowest BCUT2D eigenvalue weighted by Gasteiger charge is -2.02. The molecule has 0 fully saturated rings. The molecule has 2 aromatic heterocycles. The van der Waals surface area contributed by atoms with Crippen LogP contribution in [0, 0.1) is 0 Å². The van der Waals surface area contributed by atoms with E-state index in [0.29, 0.717) is 18.0 Å². The Bertz CT molecular complexity index is 1510. The summed E-state index contributed by atoms with van der Waals surface area (Å²) in [7, 11) is -5.72. The fraction of sp³-hybridized carbons (Fsp3) is 0.217. The number of carbonyl (C=O) groups excluding carboxylic acids is 1. The third kappa shape index (κ3) is 8.45. The van der Waals surface area contributed by atoms with Gasteiger partial charge in [-0.05, 0) is 42.3 Å². The topological polar surface area (TPSA) is 161 Å². The Morgan fingerprint density at radius 2 is 1.81 bits per heavy atom. The van der Waals surface area contributed by atoms with Gasteiger partial charge in [-0.15, -0.1) is 11.3 Å². The van der Waals surface area contributed by atoms with E-state index in [1.807, 2.05) is 54.0 Å². The summed E-state index contributed by atoms with van der Waals surface area (Å²) in [5.74, 6) is 0.774. The molecule has 0 atom stereocenters. The highest BCUT2D eigenvalue weighted by atomic mass is 32.3. The molecule has 4 N–H and O–H groups in total. The van der Waals surface area contributed by atoms with Crippen LogP contribution >= 0.6 is 11.3 Å². The lowest BCUT2D eigenvalue weighted by molar-refractivity contribution is -0.116. The number of H-pyrrole nitrogens is 1. The lowest BCUT2D eigenvalue weighted by atomic mass is 10.1. The van der Waals surface area contributed by atoms with Gasteiger partial charge in [0.15, 0.2) is 20.1 Å². The zero-order valence-electron chi connectivity index (χ0n) is 19.6. The van der Waals surface area contributed by atoms with Gasteiger partial charge in [0.2, 0.25) is 15.9 Å². The molecule has 0 spiro atoms. The van der Waals surface area contributed by atoms with Crippen molar-refractivity contribution in [2.45, 2.75) is 12.8 Å². The van der Waals surface area contributed by atoms with E-state index < -0.39 is 24.9 Å². The number of aromatic nitrogens is 2. The number of fused-ring (bicyclic) bond motifs is 1. The van der Waals surface area contributed by atoms with Crippen LogP contribution in [0.2, 0.25) is 0 Å². The molecule has 36 heavy (non-hydrogen) atoms. The molecule has 0 saturated heterocycles. The van der Waals surface area contributed by atoms with Crippen molar-refractivity contribution in [3.8, 4) is 17.0 Å². The minimum atomic E-state index is -3.87. The number of carbonyl (C=O) groups is 1. The highest BCUT2D eigenvalue weighted by Crippen LogP contribution is 2.26. The van der Waals surface area contributed by atoms with Crippen LogP contribution in [-0.2, 0) is 31.1 Å². The number of amides is 1. The first-order chi connectivity index (χ1) is 16.9. The van der Waals surface area contributed by atoms with Crippen molar-refractivity contribution in [1.82, 2.24) is 9.97 Å². The Labute approximate surface area is 213 Å². The van der Waals surface area contributed by atoms with E-state index >= 15 is 0 Å². The quantitative estimate of drug-likeness (QED) is 0.304. The zero-order chi connectivity index (χ0) is 26.3. The summed E-state index contributed by atoms with van der Waals surface area (Å²) in [6.45, 7) is 0. The third-order valence-electron chi connectivity index (χ3n) is 4.81. The number of primary sulfonamides is 1. The largest absolute Gasteiger partial charge is 0.497 e. The van der Waals surface area contributed by atoms with Crippen molar-refractivity contribution < 1.29 is 26.4 Å². The fourth-order valence-electron chi connectivity index (χ4n) is 3.29. The van der Waals surface area contributed by atoms with E-state index in [4.69, 9.17) is 4.74 Å². The van der Waals surface area contributed by atoms with Crippen molar-refractivity contribution in [3.05, 3.63) is 65.7 Å². The number of nitrogens with zero attached hydrogens (tertiary/aromatic N) is 1. The molecule has 10 nitrogen and oxygen atoms in total. The molecule has 13 heteroatoms. The maximum atomic E-state index is 12.3. The minimum absolute atomic E-state index is 0.0316. The van der Waals surface area contributed by atoms with E-state index in [-0.39, 0.29) is 5.91 Å². The first-order valence-electron chi connectivity index (χ1n) is 10.6. The SMILES string of the molecule is COc1ccc(-c2csc(NC(=O)CCc3c[nH]c4ccccc34)n2)cc1.CS(=O)(=O)CS(N)(=O)=O. The van der Waals surface area contributed by atoms with Crippen molar-refractivity contribution in [3.63, 3.8) is 0 Å². The van der Waals surface area contributed by atoms with E-state index in [1.54, 1.807) is 7.11 Å². The van der Waals surface area contributed by atoms with E-state index in [1.165, 1.54) is 16.7 Å². The Morgan fingerprint density at radius 1 is 1.11 bits per heavy atom. The van der Waals surface area contributed by atoms with Gasteiger partial charge in [0, 0.05) is 40.7 Å². The number of sulfonamides is 1. The van der Waals surface area contributed by atoms with E-state index in [9.17, 15) is 21.6 Å². The molecule has 0 unspecified atom stereocenters. The molecular formula is C23H26N4O6S3. The minimum Gasteiger partial charge on any atom is -0.497 e. The summed E-state index contributed by atoms with van der Waals surface area (Å²) >= 11 is 1.43. The number of thiazole rings is 1. The number of hydrogen-bond donors (Lipinski definition) is 3. The molecule has 4 aromatic rings. The molecule has 0 aliphatic carbocycles. The molecule has 0 aliphatic rings. The van der Waals surface area contributed by atoms with Gasteiger partial charge in [0.1, 0.15) is 5.75 Å². The second-order valence-corrected chi connectivity index (χ2v) is 12.9. The number of anilines is 1. The molecule has 0 radical (unpaired) electrons. The van der Waals surface area contributed by atoms with Gasteiger partial charge in [-0.25, -0.2) is 27.0 Å². The third-order valence-corrected chi connectivity index (χ3v) is 8.60. The van der Waals surface area contributed by atoms with Crippen LogP contribution in [0.1, 0.15) is 12.0 Å². The molecule has 0 bridgehead atoms. The van der Waals surface area contributed by atoms with E-state index in [2.05, 4.69) is 26.5 Å². The van der Waals surface area contributed by atoms with Crippen LogP contribution in [0.4, 0.5) is 5.13 Å². The number of benzene rings is 2. The van der Waals surface area contributed by atoms with Gasteiger partial charge in [0.05, 0.1) is 12.8 Å². The number of methoxy groups -OCH3 is 1. The highest BCUT2D eigenvalue weighted by Gasteiger charge is 2.12. The number of rotatable bonds is 8. The number of nitrogens with two attached hydrogens (primary N) is 1. The molecular weight excluding hydrogens is 524 g/mol. The number of nitrogens with one attached hydrogen (secondary N) is 2. The molecule has 192 valence electrons. The first-order valence-corrected chi connectivity index (χ1v) is 15.2. The lowest BCUT2D eigenvalue weighted by Crippen LogP contribution is -2.22. The Kier molecular flexibility index (Phi) is 8.84. The Balaban J connectivity index is 0.000000345. The van der Waals surface area contributed by atoms with Crippen LogP contribution in [0.15, 0.2) is 60.1 Å². The number of sulfone groups is 1. The van der Waals surface area contributed by atoms with E-state index in [0.717, 1.165) is 34.3 Å². The number of hydrogen-bond acceptors (Lipinski definition) is 8. The number of ether oxygens (including phenoxy) is 1. The average molecular weight is 551 g/mol. The Morgan fingerprint density at radius 3 is 2.42 bits per heavy atom. The predicted molar refractivity (Wildman–Crippen MR) is 142 cm³/mol. The fourth-order valence-corrected chi connectivity index (χ4v) is 6.42. The van der Waals surface area contributed by atoms with Crippen molar-refractivity contribution in [2.75, 3.05) is 23.8 Å². The van der Waals surface area contributed by atoms with Crippen LogP contribution < -0.4 is 15.2 Å². The molecule has 1 amide bonds. The zero-order valence-corrected chi connectivity index (χ0v) is 22.0. The van der Waals surface area contributed by atoms with Gasteiger partial charge in [-0.3, -0.25) is 4.79 Å². The normalized spacial score (nSPS) is 11.5. The van der Waals surface area contributed by atoms with Crippen molar-refractivity contribution >= 4 is 53.1 Å². The molecule has 0 saturated carbocycles. The van der Waals surface area contributed by atoms with Crippen LogP contribution in [0.5, 0.6) is 5.75 Å². The summed E-state index contributed by atoms with van der Waals surface area (Å²) < 4.78 is 45.6. The molecule has 4 rings (SSSR count). The Hall–Kier alpha value is -3.26. The average Bonchev–Trinajstić information content (AvgIpc) is 3.43. The van der Waals surface area contributed by atoms with Gasteiger partial charge >= 0.3 is 0 Å². The summed E-state index contributed by atoms with van der Waals surface area (Å²) in [5, 5.41) is 10.1. The standard InChI is InChI=1S/C21H19N3O2S.C2H7NO4S2/c1-26-16-9-6-14(7-10-16)19-13-27-21(23-19)24-20(25)11-8-15-12-22-18-5-3-2-4-17(15)18;1-8(4,5)2-9(3,6)7/h2-7,9-10,12-13,22H,8,11H2,1H3,(H,23,24,25);2H2,1H3,(H2,3,6,7). The number of para-hydroxylation sites is 1. The van der Waals surface area contributed by atoms with Gasteiger partial charge in [-0.1, -0.05) is 18.2 Å². The molecule has 2 aromatic carbocycles.